The van der Waals surface area contributed by atoms with Gasteiger partial charge in [0.15, 0.2) is 0 Å². The molecule has 0 aromatic heterocycles. The van der Waals surface area contributed by atoms with Gasteiger partial charge in [-0.05, 0) is 18.8 Å². The van der Waals surface area contributed by atoms with Crippen molar-refractivity contribution in [3.05, 3.63) is 0 Å². The number of fused-ring (bicyclic) bond motifs is 1. The van der Waals surface area contributed by atoms with Gasteiger partial charge in [-0.3, -0.25) is 0 Å². The second-order valence-corrected chi connectivity index (χ2v) is 3.73. The van der Waals surface area contributed by atoms with E-state index in [0.29, 0.717) is 24.7 Å². The molecule has 2 fully saturated rings. The number of aliphatic hydroxyl groups excluding tert-OH is 1. The van der Waals surface area contributed by atoms with E-state index in [4.69, 9.17) is 14.6 Å². The van der Waals surface area contributed by atoms with E-state index in [2.05, 4.69) is 0 Å². The van der Waals surface area contributed by atoms with Crippen molar-refractivity contribution in [3.63, 3.8) is 0 Å². The van der Waals surface area contributed by atoms with E-state index in [1.807, 2.05) is 0 Å². The van der Waals surface area contributed by atoms with Crippen molar-refractivity contribution in [2.45, 2.75) is 25.4 Å². The van der Waals surface area contributed by atoms with Crippen LogP contribution in [0, 0.1) is 11.8 Å². The highest BCUT2D eigenvalue weighted by Gasteiger charge is 2.35. The van der Waals surface area contributed by atoms with Crippen LogP contribution in [0.25, 0.3) is 0 Å². The second-order valence-electron chi connectivity index (χ2n) is 3.73. The third-order valence-electron chi connectivity index (χ3n) is 3.06. The number of ether oxygens (including phenoxy) is 2. The molecule has 0 bridgehead atoms. The summed E-state index contributed by atoms with van der Waals surface area (Å²) in [6, 6.07) is 0. The van der Waals surface area contributed by atoms with E-state index in [9.17, 15) is 0 Å². The molecule has 1 saturated heterocycles. The predicted octanol–water partition coefficient (Wildman–Crippen LogP) is 0.768. The molecular formula is C9H16O3. The molecule has 0 aromatic carbocycles. The summed E-state index contributed by atoms with van der Waals surface area (Å²) in [6.07, 6.45) is 3.81. The fourth-order valence-corrected chi connectivity index (χ4v) is 2.31. The topological polar surface area (TPSA) is 38.7 Å². The number of hydrogen-bond donors (Lipinski definition) is 1. The minimum absolute atomic E-state index is 0.286. The molecule has 1 aliphatic heterocycles. The van der Waals surface area contributed by atoms with Gasteiger partial charge in [-0.25, -0.2) is 0 Å². The molecule has 2 aliphatic rings. The van der Waals surface area contributed by atoms with E-state index < -0.39 is 0 Å². The number of rotatable bonds is 1. The lowest BCUT2D eigenvalue weighted by Crippen LogP contribution is -2.42. The zero-order valence-electron chi connectivity index (χ0n) is 7.24. The Labute approximate surface area is 72.7 Å². The van der Waals surface area contributed by atoms with Gasteiger partial charge in [0, 0.05) is 12.5 Å². The third-order valence-corrected chi connectivity index (χ3v) is 3.06. The Morgan fingerprint density at radius 2 is 2.25 bits per heavy atom. The molecule has 3 unspecified atom stereocenters. The van der Waals surface area contributed by atoms with Gasteiger partial charge in [0.05, 0.1) is 12.7 Å². The first kappa shape index (κ1) is 8.48. The van der Waals surface area contributed by atoms with E-state index in [0.717, 1.165) is 19.4 Å². The van der Waals surface area contributed by atoms with Crippen LogP contribution in [-0.2, 0) is 9.47 Å². The summed E-state index contributed by atoms with van der Waals surface area (Å²) >= 11 is 0. The minimum atomic E-state index is 0.286. The maximum atomic E-state index is 9.12. The molecule has 12 heavy (non-hydrogen) atoms. The molecule has 1 N–H and O–H groups in total. The van der Waals surface area contributed by atoms with Gasteiger partial charge >= 0.3 is 0 Å². The molecule has 0 radical (unpaired) electrons. The van der Waals surface area contributed by atoms with Crippen LogP contribution in [0.1, 0.15) is 19.3 Å². The highest BCUT2D eigenvalue weighted by atomic mass is 16.7. The predicted molar refractivity (Wildman–Crippen MR) is 43.6 cm³/mol. The van der Waals surface area contributed by atoms with Crippen molar-refractivity contribution in [1.82, 2.24) is 0 Å². The lowest BCUT2D eigenvalue weighted by Gasteiger charge is -2.39. The zero-order chi connectivity index (χ0) is 8.39. The third kappa shape index (κ3) is 1.49. The molecule has 3 nitrogen and oxygen atoms in total. The van der Waals surface area contributed by atoms with Crippen LogP contribution in [-0.4, -0.2) is 31.2 Å². The normalized spacial score (nSPS) is 42.2. The fraction of sp³-hybridized carbons (Fsp3) is 1.00. The zero-order valence-corrected chi connectivity index (χ0v) is 7.24. The quantitative estimate of drug-likeness (QED) is 0.635. The van der Waals surface area contributed by atoms with Crippen LogP contribution in [0.5, 0.6) is 0 Å². The number of aliphatic hydroxyl groups is 1. The Hall–Kier alpha value is -0.120. The Kier molecular flexibility index (Phi) is 2.63. The van der Waals surface area contributed by atoms with Crippen molar-refractivity contribution in [3.8, 4) is 0 Å². The minimum Gasteiger partial charge on any atom is -0.396 e. The van der Waals surface area contributed by atoms with Gasteiger partial charge in [0.25, 0.3) is 0 Å². The average Bonchev–Trinajstić information content (AvgIpc) is 2.17. The molecule has 3 atom stereocenters. The van der Waals surface area contributed by atoms with Crippen molar-refractivity contribution >= 4 is 0 Å². The van der Waals surface area contributed by atoms with Gasteiger partial charge in [0.1, 0.15) is 6.79 Å². The molecule has 1 aliphatic carbocycles. The standard InChI is InChI=1S/C9H16O3/c10-4-7-2-1-3-9-8(7)5-11-6-12-9/h7-10H,1-6H2. The first-order valence-electron chi connectivity index (χ1n) is 4.72. The molecule has 0 amide bonds. The van der Waals surface area contributed by atoms with Crippen LogP contribution in [0.2, 0.25) is 0 Å². The Balaban J connectivity index is 1.99. The summed E-state index contributed by atoms with van der Waals surface area (Å²) in [7, 11) is 0. The molecule has 2 rings (SSSR count). The Morgan fingerprint density at radius 3 is 3.08 bits per heavy atom. The molecule has 70 valence electrons. The lowest BCUT2D eigenvalue weighted by molar-refractivity contribution is -0.195. The van der Waals surface area contributed by atoms with Gasteiger partial charge in [-0.1, -0.05) is 6.42 Å². The molecule has 0 aromatic rings. The molecule has 3 heteroatoms. The lowest BCUT2D eigenvalue weighted by atomic mass is 9.78. The smallest absolute Gasteiger partial charge is 0.147 e. The second kappa shape index (κ2) is 3.73. The van der Waals surface area contributed by atoms with Crippen LogP contribution < -0.4 is 0 Å². The van der Waals surface area contributed by atoms with Crippen molar-refractivity contribution < 1.29 is 14.6 Å². The van der Waals surface area contributed by atoms with Crippen LogP contribution >= 0.6 is 0 Å². The molecule has 1 saturated carbocycles. The first-order chi connectivity index (χ1) is 5.92. The maximum absolute atomic E-state index is 9.12. The van der Waals surface area contributed by atoms with Crippen molar-refractivity contribution in [1.29, 1.82) is 0 Å². The summed E-state index contributed by atoms with van der Waals surface area (Å²) in [4.78, 5) is 0. The van der Waals surface area contributed by atoms with E-state index in [-0.39, 0.29) is 6.61 Å². The highest BCUT2D eigenvalue weighted by molar-refractivity contribution is 4.83. The van der Waals surface area contributed by atoms with Crippen molar-refractivity contribution in [2.75, 3.05) is 20.0 Å². The fourth-order valence-electron chi connectivity index (χ4n) is 2.31. The molecule has 0 spiro atoms. The van der Waals surface area contributed by atoms with Crippen LogP contribution in [0.4, 0.5) is 0 Å². The largest absolute Gasteiger partial charge is 0.396 e. The summed E-state index contributed by atoms with van der Waals surface area (Å²) in [5.41, 5.74) is 0. The average molecular weight is 172 g/mol. The molecular weight excluding hydrogens is 156 g/mol. The maximum Gasteiger partial charge on any atom is 0.147 e. The van der Waals surface area contributed by atoms with Gasteiger partial charge in [-0.2, -0.15) is 0 Å². The Bertz CT molecular complexity index is 140. The van der Waals surface area contributed by atoms with Crippen molar-refractivity contribution in [2.24, 2.45) is 11.8 Å². The van der Waals surface area contributed by atoms with Crippen LogP contribution in [0.15, 0.2) is 0 Å². The summed E-state index contributed by atoms with van der Waals surface area (Å²) in [6.45, 7) is 1.50. The van der Waals surface area contributed by atoms with Gasteiger partial charge < -0.3 is 14.6 Å². The van der Waals surface area contributed by atoms with E-state index in [1.54, 1.807) is 0 Å². The summed E-state index contributed by atoms with van der Waals surface area (Å²) < 4.78 is 10.7. The highest BCUT2D eigenvalue weighted by Crippen LogP contribution is 2.34. The summed E-state index contributed by atoms with van der Waals surface area (Å²) in [5, 5.41) is 9.12. The van der Waals surface area contributed by atoms with Gasteiger partial charge in [-0.15, -0.1) is 0 Å². The Morgan fingerprint density at radius 1 is 1.33 bits per heavy atom. The van der Waals surface area contributed by atoms with Gasteiger partial charge in [0.2, 0.25) is 0 Å². The SMILES string of the molecule is OCC1CCCC2OCOCC12. The van der Waals surface area contributed by atoms with E-state index in [1.165, 1.54) is 6.42 Å². The van der Waals surface area contributed by atoms with Crippen LogP contribution in [0.3, 0.4) is 0 Å². The summed E-state index contributed by atoms with van der Waals surface area (Å²) in [5.74, 6) is 0.849. The van der Waals surface area contributed by atoms with E-state index >= 15 is 0 Å². The molecule has 1 heterocycles. The number of hydrogen-bond acceptors (Lipinski definition) is 3. The first-order valence-corrected chi connectivity index (χ1v) is 4.72. The monoisotopic (exact) mass is 172 g/mol.